The molecule has 0 spiro atoms. The van der Waals surface area contributed by atoms with Crippen molar-refractivity contribution in [1.29, 1.82) is 0 Å². The van der Waals surface area contributed by atoms with Crippen LogP contribution in [-0.4, -0.2) is 17.8 Å². The first-order valence-corrected chi connectivity index (χ1v) is 4.28. The maximum absolute atomic E-state index is 10.8. The van der Waals surface area contributed by atoms with Crippen LogP contribution in [0.1, 0.15) is 19.8 Å². The first-order chi connectivity index (χ1) is 5.22. The van der Waals surface area contributed by atoms with Gasteiger partial charge in [-0.2, -0.15) is 12.6 Å². The van der Waals surface area contributed by atoms with Gasteiger partial charge in [0.15, 0.2) is 0 Å². The maximum Gasteiger partial charge on any atom is 0.330 e. The van der Waals surface area contributed by atoms with Crippen molar-refractivity contribution in [2.45, 2.75) is 25.0 Å². The van der Waals surface area contributed by atoms with Crippen LogP contribution < -0.4 is 0 Å². The molecule has 0 bridgehead atoms. The molecule has 0 unspecified atom stereocenters. The Morgan fingerprint density at radius 3 is 2.91 bits per heavy atom. The molecule has 1 aliphatic carbocycles. The summed E-state index contributed by atoms with van der Waals surface area (Å²) in [6.07, 6.45) is 3.44. The van der Waals surface area contributed by atoms with E-state index in [1.54, 1.807) is 13.0 Å². The van der Waals surface area contributed by atoms with Crippen molar-refractivity contribution in [2.75, 3.05) is 6.61 Å². The van der Waals surface area contributed by atoms with Gasteiger partial charge < -0.3 is 4.74 Å². The van der Waals surface area contributed by atoms with Crippen LogP contribution in [0.15, 0.2) is 11.6 Å². The van der Waals surface area contributed by atoms with E-state index in [2.05, 4.69) is 12.6 Å². The second kappa shape index (κ2) is 3.81. The fourth-order valence-corrected chi connectivity index (χ4v) is 1.48. The predicted octanol–water partition coefficient (Wildman–Crippen LogP) is 1.57. The highest BCUT2D eigenvalue weighted by Crippen LogP contribution is 2.30. The third kappa shape index (κ3) is 2.58. The van der Waals surface area contributed by atoms with Crippen molar-refractivity contribution in [3.63, 3.8) is 0 Å². The molecule has 0 aromatic heterocycles. The zero-order valence-corrected chi connectivity index (χ0v) is 7.43. The zero-order valence-electron chi connectivity index (χ0n) is 6.54. The number of hydrogen-bond acceptors (Lipinski definition) is 3. The van der Waals surface area contributed by atoms with Gasteiger partial charge in [0.2, 0.25) is 0 Å². The molecule has 11 heavy (non-hydrogen) atoms. The number of carbonyl (C=O) groups excluding carboxylic acids is 1. The van der Waals surface area contributed by atoms with Crippen LogP contribution in [0.25, 0.3) is 0 Å². The number of carbonyl (C=O) groups is 1. The van der Waals surface area contributed by atoms with E-state index in [-0.39, 0.29) is 5.97 Å². The Hall–Kier alpha value is -0.440. The highest BCUT2D eigenvalue weighted by Gasteiger charge is 2.19. The summed E-state index contributed by atoms with van der Waals surface area (Å²) in [6, 6.07) is 0. The standard InChI is InChI=1S/C8H12O2S/c1-2-10-8(9)5-6-3-7(11)4-6/h5,7,11H,2-4H2,1H3. The van der Waals surface area contributed by atoms with Crippen molar-refractivity contribution in [1.82, 2.24) is 0 Å². The minimum Gasteiger partial charge on any atom is -0.463 e. The molecule has 3 heteroatoms. The fourth-order valence-electron chi connectivity index (χ4n) is 1.01. The summed E-state index contributed by atoms with van der Waals surface area (Å²) in [5, 5.41) is 0.454. The number of thiol groups is 1. The number of allylic oxidation sites excluding steroid dienone is 1. The van der Waals surface area contributed by atoms with E-state index in [1.807, 2.05) is 0 Å². The van der Waals surface area contributed by atoms with Gasteiger partial charge in [-0.25, -0.2) is 4.79 Å². The first kappa shape index (κ1) is 8.65. The van der Waals surface area contributed by atoms with Gasteiger partial charge in [-0.05, 0) is 19.8 Å². The average Bonchev–Trinajstić information content (AvgIpc) is 1.85. The molecule has 1 saturated carbocycles. The molecule has 0 radical (unpaired) electrons. The molecule has 0 atom stereocenters. The van der Waals surface area contributed by atoms with Crippen LogP contribution >= 0.6 is 12.6 Å². The second-order valence-corrected chi connectivity index (χ2v) is 3.35. The Kier molecular flexibility index (Phi) is 3.00. The van der Waals surface area contributed by atoms with E-state index in [0.29, 0.717) is 11.9 Å². The van der Waals surface area contributed by atoms with Crippen molar-refractivity contribution < 1.29 is 9.53 Å². The third-order valence-corrected chi connectivity index (χ3v) is 1.97. The van der Waals surface area contributed by atoms with E-state index in [1.165, 1.54) is 0 Å². The maximum atomic E-state index is 10.8. The van der Waals surface area contributed by atoms with Crippen LogP contribution in [-0.2, 0) is 9.53 Å². The van der Waals surface area contributed by atoms with E-state index in [0.717, 1.165) is 18.4 Å². The molecule has 0 N–H and O–H groups in total. The van der Waals surface area contributed by atoms with E-state index < -0.39 is 0 Å². The first-order valence-electron chi connectivity index (χ1n) is 3.76. The van der Waals surface area contributed by atoms with Gasteiger partial charge in [-0.3, -0.25) is 0 Å². The number of hydrogen-bond donors (Lipinski definition) is 1. The Labute approximate surface area is 72.0 Å². The Morgan fingerprint density at radius 1 is 1.82 bits per heavy atom. The molecule has 0 aromatic rings. The molecule has 1 rings (SSSR count). The van der Waals surface area contributed by atoms with Crippen molar-refractivity contribution in [3.8, 4) is 0 Å². The Bertz CT molecular complexity index is 179. The van der Waals surface area contributed by atoms with E-state index >= 15 is 0 Å². The van der Waals surface area contributed by atoms with Crippen LogP contribution in [0, 0.1) is 0 Å². The number of rotatable bonds is 2. The highest BCUT2D eigenvalue weighted by atomic mass is 32.1. The Morgan fingerprint density at radius 2 is 2.45 bits per heavy atom. The molecule has 0 heterocycles. The van der Waals surface area contributed by atoms with Crippen LogP contribution in [0.4, 0.5) is 0 Å². The molecule has 2 nitrogen and oxygen atoms in total. The van der Waals surface area contributed by atoms with Crippen molar-refractivity contribution in [3.05, 3.63) is 11.6 Å². The molecule has 1 aliphatic rings. The lowest BCUT2D eigenvalue weighted by Gasteiger charge is -2.23. The lowest BCUT2D eigenvalue weighted by molar-refractivity contribution is -0.137. The molecular formula is C8H12O2S. The SMILES string of the molecule is CCOC(=O)C=C1CC(S)C1. The molecule has 0 amide bonds. The van der Waals surface area contributed by atoms with Crippen LogP contribution in [0.3, 0.4) is 0 Å². The Balaban J connectivity index is 2.29. The van der Waals surface area contributed by atoms with Crippen molar-refractivity contribution in [2.24, 2.45) is 0 Å². The lowest BCUT2D eigenvalue weighted by Crippen LogP contribution is -2.16. The van der Waals surface area contributed by atoms with E-state index in [9.17, 15) is 4.79 Å². The largest absolute Gasteiger partial charge is 0.463 e. The second-order valence-electron chi connectivity index (χ2n) is 2.62. The number of ether oxygens (including phenoxy) is 1. The summed E-state index contributed by atoms with van der Waals surface area (Å²) in [5.74, 6) is -0.220. The summed E-state index contributed by atoms with van der Waals surface area (Å²) in [7, 11) is 0. The molecule has 62 valence electrons. The summed E-state index contributed by atoms with van der Waals surface area (Å²) < 4.78 is 4.74. The van der Waals surface area contributed by atoms with Gasteiger partial charge in [0.05, 0.1) is 6.61 Å². The minimum absolute atomic E-state index is 0.220. The third-order valence-electron chi connectivity index (χ3n) is 1.60. The predicted molar refractivity (Wildman–Crippen MR) is 46.7 cm³/mol. The van der Waals surface area contributed by atoms with E-state index in [4.69, 9.17) is 4.74 Å². The average molecular weight is 172 g/mol. The number of esters is 1. The smallest absolute Gasteiger partial charge is 0.330 e. The van der Waals surface area contributed by atoms with Gasteiger partial charge >= 0.3 is 5.97 Å². The quantitative estimate of drug-likeness (QED) is 0.389. The zero-order chi connectivity index (χ0) is 8.27. The topological polar surface area (TPSA) is 26.3 Å². The normalized spacial score (nSPS) is 22.4. The van der Waals surface area contributed by atoms with Gasteiger partial charge in [0.25, 0.3) is 0 Å². The van der Waals surface area contributed by atoms with Gasteiger partial charge in [0, 0.05) is 11.3 Å². The molecule has 1 fully saturated rings. The summed E-state index contributed by atoms with van der Waals surface area (Å²) in [5.41, 5.74) is 1.16. The van der Waals surface area contributed by atoms with Gasteiger partial charge in [0.1, 0.15) is 0 Å². The minimum atomic E-state index is -0.220. The van der Waals surface area contributed by atoms with Crippen LogP contribution in [0.5, 0.6) is 0 Å². The van der Waals surface area contributed by atoms with Gasteiger partial charge in [-0.15, -0.1) is 0 Å². The van der Waals surface area contributed by atoms with Gasteiger partial charge in [-0.1, -0.05) is 5.57 Å². The van der Waals surface area contributed by atoms with Crippen molar-refractivity contribution >= 4 is 18.6 Å². The monoisotopic (exact) mass is 172 g/mol. The lowest BCUT2D eigenvalue weighted by atomic mass is 9.91. The molecule has 0 aliphatic heterocycles. The summed E-state index contributed by atoms with van der Waals surface area (Å²) >= 11 is 4.23. The molecular weight excluding hydrogens is 160 g/mol. The highest BCUT2D eigenvalue weighted by molar-refractivity contribution is 7.81. The summed E-state index contributed by atoms with van der Waals surface area (Å²) in [6.45, 7) is 2.26. The molecule has 0 aromatic carbocycles. The fraction of sp³-hybridized carbons (Fsp3) is 0.625. The summed E-state index contributed by atoms with van der Waals surface area (Å²) in [4.78, 5) is 10.8. The van der Waals surface area contributed by atoms with Crippen LogP contribution in [0.2, 0.25) is 0 Å². The molecule has 0 saturated heterocycles.